The highest BCUT2D eigenvalue weighted by Gasteiger charge is 2.52. The minimum absolute atomic E-state index is 0.290. The quantitative estimate of drug-likeness (QED) is 0.166. The monoisotopic (exact) mass is 764 g/mol. The summed E-state index contributed by atoms with van der Waals surface area (Å²) in [4.78, 5) is 4.03. The Balaban J connectivity index is 1.17. The number of hydrogen-bond donors (Lipinski definition) is 0. The van der Waals surface area contributed by atoms with E-state index in [4.69, 9.17) is 0 Å². The second-order valence-electron chi connectivity index (χ2n) is 15.7. The summed E-state index contributed by atoms with van der Waals surface area (Å²) >= 11 is 0. The lowest BCUT2D eigenvalue weighted by molar-refractivity contribution is 0.628. The number of nitrogens with zero attached hydrogens (tertiary/aromatic N) is 2. The Kier molecular flexibility index (Phi) is 7.92. The molecule has 0 radical (unpaired) electrons. The van der Waals surface area contributed by atoms with Crippen LogP contribution in [0.25, 0.3) is 33.0 Å². The number of anilines is 6. The zero-order valence-electron chi connectivity index (χ0n) is 32.6. The first-order valence-corrected chi connectivity index (χ1v) is 20.1. The molecule has 0 saturated heterocycles. The molecule has 1 spiro atoms. The molecule has 9 aromatic carbocycles. The molecule has 9 aromatic rings. The Morgan fingerprint density at radius 3 is 1.34 bits per heavy atom. The topological polar surface area (TPSA) is 6.48 Å². The number of fused-ring (bicyclic) bond motifs is 11. The van der Waals surface area contributed by atoms with Gasteiger partial charge >= 0.3 is 0 Å². The molecule has 11 rings (SSSR count). The number of halogens is 2. The predicted octanol–water partition coefficient (Wildman–Crippen LogP) is 15.0. The van der Waals surface area contributed by atoms with E-state index in [1.807, 2.05) is 46.2 Å². The lowest BCUT2D eigenvalue weighted by Gasteiger charge is -2.32. The van der Waals surface area contributed by atoms with Crippen molar-refractivity contribution in [3.05, 3.63) is 239 Å². The molecule has 0 aromatic heterocycles. The van der Waals surface area contributed by atoms with Gasteiger partial charge in [-0.2, -0.15) is 0 Å². The van der Waals surface area contributed by atoms with Gasteiger partial charge in [0, 0.05) is 22.7 Å². The maximum atomic E-state index is 15.9. The molecular weight excluding hydrogens is 727 g/mol. The van der Waals surface area contributed by atoms with Gasteiger partial charge in [0.2, 0.25) is 0 Å². The summed E-state index contributed by atoms with van der Waals surface area (Å²) in [5.74, 6) is -0.582. The molecule has 4 heteroatoms. The Bertz CT molecular complexity index is 3070. The van der Waals surface area contributed by atoms with Crippen LogP contribution in [0.4, 0.5) is 42.9 Å². The number of benzene rings is 9. The van der Waals surface area contributed by atoms with E-state index in [1.165, 1.54) is 39.9 Å². The van der Waals surface area contributed by atoms with Crippen molar-refractivity contribution in [1.29, 1.82) is 0 Å². The van der Waals surface area contributed by atoms with Crippen LogP contribution in [0.3, 0.4) is 0 Å². The fourth-order valence-corrected chi connectivity index (χ4v) is 9.64. The molecule has 59 heavy (non-hydrogen) atoms. The SMILES string of the molecule is Cc1ccc(N(c2ccc3c(c2)C2(c4ccccc4-c4ccccc42)c2cc4cc(N(c5ccc(C)cc5)c5ccccc5F)ccc4cc2-3)c2ccccc2F)cc1. The van der Waals surface area contributed by atoms with Crippen LogP contribution in [-0.4, -0.2) is 0 Å². The van der Waals surface area contributed by atoms with Crippen molar-refractivity contribution >= 4 is 44.9 Å². The van der Waals surface area contributed by atoms with Crippen LogP contribution in [0.1, 0.15) is 33.4 Å². The summed E-state index contributed by atoms with van der Waals surface area (Å²) in [6, 6.07) is 65.7. The maximum absolute atomic E-state index is 15.9. The van der Waals surface area contributed by atoms with Crippen molar-refractivity contribution in [3.8, 4) is 22.3 Å². The molecular formula is C55H38F2N2. The Morgan fingerprint density at radius 2 is 0.780 bits per heavy atom. The first-order valence-electron chi connectivity index (χ1n) is 20.1. The van der Waals surface area contributed by atoms with Crippen LogP contribution in [0, 0.1) is 25.5 Å². The van der Waals surface area contributed by atoms with Crippen LogP contribution in [0.15, 0.2) is 194 Å². The molecule has 0 aliphatic heterocycles. The number of rotatable bonds is 6. The predicted molar refractivity (Wildman–Crippen MR) is 239 cm³/mol. The summed E-state index contributed by atoms with van der Waals surface area (Å²) < 4.78 is 31.6. The van der Waals surface area contributed by atoms with Crippen molar-refractivity contribution in [1.82, 2.24) is 0 Å². The number of aryl methyl sites for hydroxylation is 2. The molecule has 282 valence electrons. The van der Waals surface area contributed by atoms with Crippen LogP contribution >= 0.6 is 0 Å². The average Bonchev–Trinajstić information content (AvgIpc) is 3.72. The highest BCUT2D eigenvalue weighted by Crippen LogP contribution is 2.64. The molecule has 0 unspecified atom stereocenters. The fourth-order valence-electron chi connectivity index (χ4n) is 9.64. The Labute approximate surface area is 342 Å². The van der Waals surface area contributed by atoms with E-state index in [0.29, 0.717) is 11.4 Å². The molecule has 0 fully saturated rings. The Morgan fingerprint density at radius 1 is 0.339 bits per heavy atom. The van der Waals surface area contributed by atoms with E-state index in [9.17, 15) is 0 Å². The zero-order chi connectivity index (χ0) is 39.8. The molecule has 0 atom stereocenters. The van der Waals surface area contributed by atoms with E-state index >= 15 is 8.78 Å². The molecule has 2 aliphatic carbocycles. The van der Waals surface area contributed by atoms with Crippen LogP contribution < -0.4 is 9.80 Å². The van der Waals surface area contributed by atoms with E-state index in [0.717, 1.165) is 61.3 Å². The van der Waals surface area contributed by atoms with Crippen molar-refractivity contribution in [3.63, 3.8) is 0 Å². The maximum Gasteiger partial charge on any atom is 0.147 e. The van der Waals surface area contributed by atoms with Gasteiger partial charge in [0.25, 0.3) is 0 Å². The third-order valence-corrected chi connectivity index (χ3v) is 12.3. The minimum Gasteiger partial charge on any atom is -0.308 e. The smallest absolute Gasteiger partial charge is 0.147 e. The highest BCUT2D eigenvalue weighted by atomic mass is 19.1. The van der Waals surface area contributed by atoms with Crippen LogP contribution in [0.2, 0.25) is 0 Å². The normalized spacial score (nSPS) is 12.9. The van der Waals surface area contributed by atoms with Gasteiger partial charge in [-0.05, 0) is 154 Å². The van der Waals surface area contributed by atoms with Crippen molar-refractivity contribution in [2.75, 3.05) is 9.80 Å². The minimum atomic E-state index is -0.658. The lowest BCUT2D eigenvalue weighted by atomic mass is 9.70. The Hall–Kier alpha value is -7.30. The summed E-state index contributed by atoms with van der Waals surface area (Å²) in [5, 5.41) is 2.14. The van der Waals surface area contributed by atoms with E-state index in [2.05, 4.69) is 147 Å². The molecule has 0 amide bonds. The molecule has 0 N–H and O–H groups in total. The largest absolute Gasteiger partial charge is 0.308 e. The average molecular weight is 765 g/mol. The molecule has 0 saturated carbocycles. The standard InChI is InChI=1S/C55H38F2N2/c1-35-19-24-39(25-20-35)58(53-17-9-7-15-51(53)56)41-28-23-37-32-46-45-30-29-42(59(40-26-21-36(2)22-27-40)54-18-10-8-16-52(54)57)34-50(45)55(49(46)33-38(37)31-41)47-13-5-3-11-43(47)44-12-4-6-14-48(44)55/h3-34H,1-2H3. The summed E-state index contributed by atoms with van der Waals surface area (Å²) in [6.07, 6.45) is 0. The van der Waals surface area contributed by atoms with Gasteiger partial charge in [-0.3, -0.25) is 0 Å². The van der Waals surface area contributed by atoms with Crippen LogP contribution in [-0.2, 0) is 5.41 Å². The van der Waals surface area contributed by atoms with Gasteiger partial charge < -0.3 is 9.80 Å². The van der Waals surface area contributed by atoms with Gasteiger partial charge in [-0.1, -0.05) is 120 Å². The molecule has 0 bridgehead atoms. The van der Waals surface area contributed by atoms with Gasteiger partial charge in [-0.15, -0.1) is 0 Å². The van der Waals surface area contributed by atoms with Gasteiger partial charge in [0.15, 0.2) is 0 Å². The number of hydrogen-bond acceptors (Lipinski definition) is 2. The molecule has 0 heterocycles. The molecule has 2 aliphatic rings. The third-order valence-electron chi connectivity index (χ3n) is 12.3. The summed E-state index contributed by atoms with van der Waals surface area (Å²) in [5.41, 5.74) is 15.6. The van der Waals surface area contributed by atoms with E-state index in [-0.39, 0.29) is 11.6 Å². The van der Waals surface area contributed by atoms with Crippen molar-refractivity contribution in [2.45, 2.75) is 19.3 Å². The zero-order valence-corrected chi connectivity index (χ0v) is 32.6. The second kappa shape index (κ2) is 13.4. The fraction of sp³-hybridized carbons (Fsp3) is 0.0545. The van der Waals surface area contributed by atoms with Crippen LogP contribution in [0.5, 0.6) is 0 Å². The molecule has 2 nitrogen and oxygen atoms in total. The summed E-state index contributed by atoms with van der Waals surface area (Å²) in [6.45, 7) is 4.12. The second-order valence-corrected chi connectivity index (χ2v) is 15.7. The van der Waals surface area contributed by atoms with E-state index in [1.54, 1.807) is 12.1 Å². The third kappa shape index (κ3) is 5.29. The first kappa shape index (κ1) is 34.9. The summed E-state index contributed by atoms with van der Waals surface area (Å²) in [7, 11) is 0. The van der Waals surface area contributed by atoms with E-state index < -0.39 is 5.41 Å². The highest BCUT2D eigenvalue weighted by molar-refractivity contribution is 6.02. The lowest BCUT2D eigenvalue weighted by Crippen LogP contribution is -2.26. The first-order chi connectivity index (χ1) is 28.9. The van der Waals surface area contributed by atoms with Crippen molar-refractivity contribution in [2.24, 2.45) is 0 Å². The number of para-hydroxylation sites is 2. The van der Waals surface area contributed by atoms with Gasteiger partial charge in [-0.25, -0.2) is 8.78 Å². The van der Waals surface area contributed by atoms with Crippen molar-refractivity contribution < 1.29 is 8.78 Å². The van der Waals surface area contributed by atoms with Gasteiger partial charge in [0.1, 0.15) is 11.6 Å². The van der Waals surface area contributed by atoms with Gasteiger partial charge in [0.05, 0.1) is 16.8 Å².